The van der Waals surface area contributed by atoms with Gasteiger partial charge in [0.1, 0.15) is 6.10 Å². The zero-order valence-corrected chi connectivity index (χ0v) is 16.7. The van der Waals surface area contributed by atoms with E-state index < -0.39 is 16.1 Å². The standard InChI is InChI=1S/C18H25NO3S2/c1-10-7-8-23-17(10)16(20)9-19-24(21,22)18-14(5)12(3)11(2)13(4)15(18)6/h7-8,16,19-20H,9H2,1-6H3. The summed E-state index contributed by atoms with van der Waals surface area (Å²) >= 11 is 1.43. The molecule has 24 heavy (non-hydrogen) atoms. The first-order valence-electron chi connectivity index (χ1n) is 7.86. The van der Waals surface area contributed by atoms with Crippen LogP contribution in [-0.4, -0.2) is 20.1 Å². The van der Waals surface area contributed by atoms with Crippen LogP contribution in [-0.2, 0) is 10.0 Å². The van der Waals surface area contributed by atoms with Crippen molar-refractivity contribution >= 4 is 21.4 Å². The quantitative estimate of drug-likeness (QED) is 0.848. The Balaban J connectivity index is 2.34. The maximum absolute atomic E-state index is 12.8. The van der Waals surface area contributed by atoms with E-state index in [0.29, 0.717) is 4.90 Å². The molecule has 1 atom stereocenters. The van der Waals surface area contributed by atoms with Gasteiger partial charge in [-0.25, -0.2) is 13.1 Å². The lowest BCUT2D eigenvalue weighted by Crippen LogP contribution is -2.30. The van der Waals surface area contributed by atoms with Crippen molar-refractivity contribution in [1.82, 2.24) is 4.72 Å². The van der Waals surface area contributed by atoms with Gasteiger partial charge >= 0.3 is 0 Å². The van der Waals surface area contributed by atoms with Crippen molar-refractivity contribution in [2.24, 2.45) is 0 Å². The number of thiophene rings is 1. The van der Waals surface area contributed by atoms with Gasteiger partial charge < -0.3 is 5.11 Å². The van der Waals surface area contributed by atoms with E-state index in [-0.39, 0.29) is 6.54 Å². The van der Waals surface area contributed by atoms with E-state index >= 15 is 0 Å². The Labute approximate surface area is 148 Å². The van der Waals surface area contributed by atoms with Crippen molar-refractivity contribution in [2.45, 2.75) is 52.5 Å². The Kier molecular flexibility index (Phi) is 5.54. The summed E-state index contributed by atoms with van der Waals surface area (Å²) in [6.07, 6.45) is -0.840. The largest absolute Gasteiger partial charge is 0.386 e. The lowest BCUT2D eigenvalue weighted by molar-refractivity contribution is 0.185. The maximum Gasteiger partial charge on any atom is 0.241 e. The first kappa shape index (κ1) is 19.1. The molecule has 0 bridgehead atoms. The van der Waals surface area contributed by atoms with Crippen molar-refractivity contribution in [3.8, 4) is 0 Å². The Hall–Kier alpha value is -1.21. The number of nitrogens with one attached hydrogen (secondary N) is 1. The van der Waals surface area contributed by atoms with E-state index in [0.717, 1.165) is 38.3 Å². The molecule has 1 aromatic heterocycles. The van der Waals surface area contributed by atoms with Crippen molar-refractivity contribution in [2.75, 3.05) is 6.54 Å². The summed E-state index contributed by atoms with van der Waals surface area (Å²) in [6.45, 7) is 11.4. The van der Waals surface area contributed by atoms with Crippen LogP contribution in [0.3, 0.4) is 0 Å². The second-order valence-corrected chi connectivity index (χ2v) is 8.94. The lowest BCUT2D eigenvalue weighted by atomic mass is 9.95. The number of sulfonamides is 1. The van der Waals surface area contributed by atoms with E-state index in [1.807, 2.05) is 53.0 Å². The summed E-state index contributed by atoms with van der Waals surface area (Å²) in [5, 5.41) is 12.2. The SMILES string of the molecule is Cc1ccsc1C(O)CNS(=O)(=O)c1c(C)c(C)c(C)c(C)c1C. The number of aryl methyl sites for hydroxylation is 1. The summed E-state index contributed by atoms with van der Waals surface area (Å²) in [5.41, 5.74) is 5.62. The minimum atomic E-state index is -3.69. The molecule has 0 aliphatic heterocycles. The van der Waals surface area contributed by atoms with Gasteiger partial charge in [0.15, 0.2) is 0 Å². The van der Waals surface area contributed by atoms with Crippen LogP contribution < -0.4 is 4.72 Å². The normalized spacial score (nSPS) is 13.3. The Morgan fingerprint density at radius 1 is 1.00 bits per heavy atom. The van der Waals surface area contributed by atoms with Gasteiger partial charge in [0.2, 0.25) is 10.0 Å². The Morgan fingerprint density at radius 3 is 1.96 bits per heavy atom. The molecule has 132 valence electrons. The number of hydrogen-bond donors (Lipinski definition) is 2. The van der Waals surface area contributed by atoms with Crippen molar-refractivity contribution in [3.05, 3.63) is 49.7 Å². The van der Waals surface area contributed by atoms with Gasteiger partial charge in [0.05, 0.1) is 4.90 Å². The van der Waals surface area contributed by atoms with Gasteiger partial charge in [-0.05, 0) is 86.4 Å². The molecule has 1 heterocycles. The zero-order valence-electron chi connectivity index (χ0n) is 15.0. The van der Waals surface area contributed by atoms with E-state index in [1.165, 1.54) is 11.3 Å². The van der Waals surface area contributed by atoms with Crippen LogP contribution in [0.25, 0.3) is 0 Å². The molecule has 0 saturated carbocycles. The molecule has 2 aromatic rings. The topological polar surface area (TPSA) is 66.4 Å². The highest BCUT2D eigenvalue weighted by Gasteiger charge is 2.24. The molecule has 0 aliphatic carbocycles. The molecule has 0 aliphatic rings. The number of rotatable bonds is 5. The third-order valence-electron chi connectivity index (χ3n) is 4.87. The van der Waals surface area contributed by atoms with E-state index in [4.69, 9.17) is 0 Å². The zero-order chi connectivity index (χ0) is 18.2. The first-order chi connectivity index (χ1) is 11.1. The van der Waals surface area contributed by atoms with Crippen LogP contribution in [0.5, 0.6) is 0 Å². The highest BCUT2D eigenvalue weighted by atomic mass is 32.2. The molecular weight excluding hydrogens is 342 g/mol. The van der Waals surface area contributed by atoms with Gasteiger partial charge in [-0.2, -0.15) is 0 Å². The lowest BCUT2D eigenvalue weighted by Gasteiger charge is -2.20. The van der Waals surface area contributed by atoms with Gasteiger partial charge in [-0.15, -0.1) is 11.3 Å². The van der Waals surface area contributed by atoms with Crippen LogP contribution >= 0.6 is 11.3 Å². The smallest absolute Gasteiger partial charge is 0.241 e. The van der Waals surface area contributed by atoms with Crippen LogP contribution in [0.4, 0.5) is 0 Å². The molecule has 0 fully saturated rings. The number of aliphatic hydroxyl groups excluding tert-OH is 1. The molecule has 2 rings (SSSR count). The predicted octanol–water partition coefficient (Wildman–Crippen LogP) is 3.61. The van der Waals surface area contributed by atoms with Crippen LogP contribution in [0.15, 0.2) is 16.3 Å². The molecular formula is C18H25NO3S2. The monoisotopic (exact) mass is 367 g/mol. The molecule has 0 spiro atoms. The predicted molar refractivity (Wildman–Crippen MR) is 99.3 cm³/mol. The molecule has 0 amide bonds. The van der Waals surface area contributed by atoms with Crippen LogP contribution in [0.1, 0.15) is 44.4 Å². The molecule has 0 radical (unpaired) electrons. The van der Waals surface area contributed by atoms with Crippen molar-refractivity contribution in [3.63, 3.8) is 0 Å². The van der Waals surface area contributed by atoms with Gasteiger partial charge in [-0.1, -0.05) is 0 Å². The summed E-state index contributed by atoms with van der Waals surface area (Å²) < 4.78 is 28.2. The molecule has 4 nitrogen and oxygen atoms in total. The highest BCUT2D eigenvalue weighted by molar-refractivity contribution is 7.89. The third-order valence-corrected chi connectivity index (χ3v) is 7.69. The van der Waals surface area contributed by atoms with E-state index in [1.54, 1.807) is 0 Å². The highest BCUT2D eigenvalue weighted by Crippen LogP contribution is 2.30. The molecule has 0 saturated heterocycles. The first-order valence-corrected chi connectivity index (χ1v) is 10.2. The summed E-state index contributed by atoms with van der Waals surface area (Å²) in [6, 6.07) is 1.92. The number of hydrogen-bond acceptors (Lipinski definition) is 4. The molecule has 1 aromatic carbocycles. The molecule has 1 unspecified atom stereocenters. The minimum absolute atomic E-state index is 0.0332. The second kappa shape index (κ2) is 6.96. The van der Waals surface area contributed by atoms with Crippen molar-refractivity contribution < 1.29 is 13.5 Å². The van der Waals surface area contributed by atoms with Crippen LogP contribution in [0.2, 0.25) is 0 Å². The average molecular weight is 368 g/mol. The van der Waals surface area contributed by atoms with E-state index in [2.05, 4.69) is 4.72 Å². The van der Waals surface area contributed by atoms with Gasteiger partial charge in [0.25, 0.3) is 0 Å². The summed E-state index contributed by atoms with van der Waals surface area (Å²) in [5.74, 6) is 0. The minimum Gasteiger partial charge on any atom is -0.386 e. The molecule has 6 heteroatoms. The van der Waals surface area contributed by atoms with Crippen LogP contribution in [0, 0.1) is 41.5 Å². The van der Waals surface area contributed by atoms with Gasteiger partial charge in [0, 0.05) is 11.4 Å². The second-order valence-electron chi connectivity index (χ2n) is 6.29. The third kappa shape index (κ3) is 3.42. The number of aliphatic hydroxyl groups is 1. The van der Waals surface area contributed by atoms with E-state index in [9.17, 15) is 13.5 Å². The fourth-order valence-corrected chi connectivity index (χ4v) is 5.50. The average Bonchev–Trinajstić information content (AvgIpc) is 2.95. The Bertz CT molecular complexity index is 838. The summed E-state index contributed by atoms with van der Waals surface area (Å²) in [7, 11) is -3.69. The van der Waals surface area contributed by atoms with Crippen molar-refractivity contribution in [1.29, 1.82) is 0 Å². The Morgan fingerprint density at radius 2 is 1.50 bits per heavy atom. The fraction of sp³-hybridized carbons (Fsp3) is 0.444. The maximum atomic E-state index is 12.8. The molecule has 2 N–H and O–H groups in total. The number of benzene rings is 1. The van der Waals surface area contributed by atoms with Gasteiger partial charge in [-0.3, -0.25) is 0 Å². The summed E-state index contributed by atoms with van der Waals surface area (Å²) in [4.78, 5) is 1.13. The fourth-order valence-electron chi connectivity index (χ4n) is 2.95.